The third kappa shape index (κ3) is 1.75. The SMILES string of the molecule is O=C(O)C[C@]12CCCC[C@@H]1CCc1ccccc12. The van der Waals surface area contributed by atoms with E-state index in [2.05, 4.69) is 24.3 Å². The minimum Gasteiger partial charge on any atom is -0.481 e. The smallest absolute Gasteiger partial charge is 0.304 e. The van der Waals surface area contributed by atoms with Gasteiger partial charge in [0.05, 0.1) is 6.42 Å². The van der Waals surface area contributed by atoms with Gasteiger partial charge in [-0.25, -0.2) is 0 Å². The predicted octanol–water partition coefficient (Wildman–Crippen LogP) is 3.54. The van der Waals surface area contributed by atoms with E-state index in [1.807, 2.05) is 0 Å². The largest absolute Gasteiger partial charge is 0.481 e. The minimum atomic E-state index is -0.640. The second kappa shape index (κ2) is 4.42. The van der Waals surface area contributed by atoms with Gasteiger partial charge in [-0.2, -0.15) is 0 Å². The molecular weight excluding hydrogens is 224 g/mol. The number of benzene rings is 1. The van der Waals surface area contributed by atoms with E-state index in [-0.39, 0.29) is 5.41 Å². The number of hydrogen-bond donors (Lipinski definition) is 1. The Bertz CT molecular complexity index is 466. The Morgan fingerprint density at radius 1 is 1.28 bits per heavy atom. The van der Waals surface area contributed by atoms with Crippen LogP contribution in [0.5, 0.6) is 0 Å². The summed E-state index contributed by atoms with van der Waals surface area (Å²) in [5.74, 6) is -0.0594. The van der Waals surface area contributed by atoms with Crippen molar-refractivity contribution in [2.75, 3.05) is 0 Å². The summed E-state index contributed by atoms with van der Waals surface area (Å²) < 4.78 is 0. The van der Waals surface area contributed by atoms with Gasteiger partial charge in [-0.3, -0.25) is 4.79 Å². The van der Waals surface area contributed by atoms with E-state index < -0.39 is 5.97 Å². The molecule has 0 heterocycles. The first-order valence-electron chi connectivity index (χ1n) is 7.02. The molecule has 1 saturated carbocycles. The van der Waals surface area contributed by atoms with Crippen molar-refractivity contribution >= 4 is 5.97 Å². The number of carbonyl (C=O) groups is 1. The highest BCUT2D eigenvalue weighted by Gasteiger charge is 2.46. The summed E-state index contributed by atoms with van der Waals surface area (Å²) in [7, 11) is 0. The molecule has 0 unspecified atom stereocenters. The van der Waals surface area contributed by atoms with Crippen LogP contribution in [0.25, 0.3) is 0 Å². The van der Waals surface area contributed by atoms with Gasteiger partial charge in [0, 0.05) is 5.41 Å². The molecule has 0 radical (unpaired) electrons. The lowest BCUT2D eigenvalue weighted by Gasteiger charge is -2.48. The second-order valence-corrected chi connectivity index (χ2v) is 5.87. The summed E-state index contributed by atoms with van der Waals surface area (Å²) >= 11 is 0. The molecule has 96 valence electrons. The molecule has 2 aliphatic carbocycles. The van der Waals surface area contributed by atoms with Crippen molar-refractivity contribution in [2.24, 2.45) is 5.92 Å². The molecule has 1 aromatic rings. The van der Waals surface area contributed by atoms with Gasteiger partial charge in [0.15, 0.2) is 0 Å². The maximum absolute atomic E-state index is 11.3. The molecule has 1 aromatic carbocycles. The molecule has 0 spiro atoms. The highest BCUT2D eigenvalue weighted by molar-refractivity contribution is 5.69. The topological polar surface area (TPSA) is 37.3 Å². The highest BCUT2D eigenvalue weighted by Crippen LogP contribution is 2.52. The fraction of sp³-hybridized carbons (Fsp3) is 0.562. The summed E-state index contributed by atoms with van der Waals surface area (Å²) in [6.07, 6.45) is 7.33. The average molecular weight is 244 g/mol. The van der Waals surface area contributed by atoms with E-state index in [4.69, 9.17) is 0 Å². The van der Waals surface area contributed by atoms with Crippen LogP contribution in [-0.2, 0) is 16.6 Å². The maximum Gasteiger partial charge on any atom is 0.304 e. The fourth-order valence-electron chi connectivity index (χ4n) is 4.24. The standard InChI is InChI=1S/C16H20O2/c17-15(18)11-16-10-4-3-6-13(16)9-8-12-5-1-2-7-14(12)16/h1-2,5,7,13H,3-4,6,8-11H2,(H,17,18)/t13-,16-/m1/s1. The molecule has 18 heavy (non-hydrogen) atoms. The lowest BCUT2D eigenvalue weighted by atomic mass is 9.56. The van der Waals surface area contributed by atoms with E-state index in [9.17, 15) is 9.90 Å². The number of hydrogen-bond acceptors (Lipinski definition) is 1. The van der Waals surface area contributed by atoms with Crippen LogP contribution < -0.4 is 0 Å². The van der Waals surface area contributed by atoms with Crippen LogP contribution in [0.15, 0.2) is 24.3 Å². The number of carboxylic acids is 1. The number of rotatable bonds is 2. The zero-order valence-corrected chi connectivity index (χ0v) is 10.7. The zero-order chi connectivity index (χ0) is 12.6. The van der Waals surface area contributed by atoms with Gasteiger partial charge >= 0.3 is 5.97 Å². The normalized spacial score (nSPS) is 30.3. The monoisotopic (exact) mass is 244 g/mol. The van der Waals surface area contributed by atoms with E-state index >= 15 is 0 Å². The van der Waals surface area contributed by atoms with E-state index in [1.165, 1.54) is 36.8 Å². The van der Waals surface area contributed by atoms with Gasteiger partial charge in [0.1, 0.15) is 0 Å². The Hall–Kier alpha value is -1.31. The zero-order valence-electron chi connectivity index (χ0n) is 10.7. The highest BCUT2D eigenvalue weighted by atomic mass is 16.4. The summed E-state index contributed by atoms with van der Waals surface area (Å²) in [5.41, 5.74) is 2.65. The fourth-order valence-corrected chi connectivity index (χ4v) is 4.24. The molecule has 0 amide bonds. The van der Waals surface area contributed by atoms with Crippen molar-refractivity contribution in [1.29, 1.82) is 0 Å². The third-order valence-electron chi connectivity index (χ3n) is 4.99. The lowest BCUT2D eigenvalue weighted by Crippen LogP contribution is -2.43. The van der Waals surface area contributed by atoms with Crippen LogP contribution in [0.2, 0.25) is 0 Å². The van der Waals surface area contributed by atoms with E-state index in [1.54, 1.807) is 0 Å². The number of carboxylic acid groups (broad SMARTS) is 1. The average Bonchev–Trinajstić information content (AvgIpc) is 2.38. The lowest BCUT2D eigenvalue weighted by molar-refractivity contribution is -0.139. The number of aliphatic carboxylic acids is 1. The second-order valence-electron chi connectivity index (χ2n) is 5.87. The molecule has 2 heteroatoms. The van der Waals surface area contributed by atoms with E-state index in [0.29, 0.717) is 12.3 Å². The van der Waals surface area contributed by atoms with Crippen molar-refractivity contribution in [1.82, 2.24) is 0 Å². The van der Waals surface area contributed by atoms with Gasteiger partial charge in [-0.05, 0) is 42.7 Å². The maximum atomic E-state index is 11.3. The summed E-state index contributed by atoms with van der Waals surface area (Å²) in [6.45, 7) is 0. The Morgan fingerprint density at radius 2 is 2.11 bits per heavy atom. The first-order chi connectivity index (χ1) is 8.72. The molecule has 0 bridgehead atoms. The summed E-state index contributed by atoms with van der Waals surface area (Å²) in [4.78, 5) is 11.3. The quantitative estimate of drug-likeness (QED) is 0.864. The van der Waals surface area contributed by atoms with Crippen molar-refractivity contribution in [3.8, 4) is 0 Å². The van der Waals surface area contributed by atoms with Crippen molar-refractivity contribution < 1.29 is 9.90 Å². The molecule has 3 rings (SSSR count). The van der Waals surface area contributed by atoms with Gasteiger partial charge in [0.2, 0.25) is 0 Å². The minimum absolute atomic E-state index is 0.0705. The molecule has 1 N–H and O–H groups in total. The first kappa shape index (κ1) is 11.8. The van der Waals surface area contributed by atoms with Crippen LogP contribution in [0.1, 0.15) is 49.7 Å². The molecule has 0 aromatic heterocycles. The number of aryl methyl sites for hydroxylation is 1. The van der Waals surface area contributed by atoms with Gasteiger partial charge in [0.25, 0.3) is 0 Å². The van der Waals surface area contributed by atoms with Crippen LogP contribution in [0, 0.1) is 5.92 Å². The molecule has 2 aliphatic rings. The Kier molecular flexibility index (Phi) is 2.89. The number of fused-ring (bicyclic) bond motifs is 3. The molecule has 0 aliphatic heterocycles. The van der Waals surface area contributed by atoms with Crippen molar-refractivity contribution in [3.05, 3.63) is 35.4 Å². The predicted molar refractivity (Wildman–Crippen MR) is 70.7 cm³/mol. The van der Waals surface area contributed by atoms with Crippen LogP contribution in [-0.4, -0.2) is 11.1 Å². The Morgan fingerprint density at radius 3 is 2.94 bits per heavy atom. The molecule has 0 saturated heterocycles. The van der Waals surface area contributed by atoms with Gasteiger partial charge in [-0.15, -0.1) is 0 Å². The van der Waals surface area contributed by atoms with Crippen LogP contribution in [0.3, 0.4) is 0 Å². The summed E-state index contributed by atoms with van der Waals surface area (Å²) in [6, 6.07) is 8.51. The van der Waals surface area contributed by atoms with Crippen molar-refractivity contribution in [2.45, 2.75) is 50.4 Å². The Balaban J connectivity index is 2.09. The molecular formula is C16H20O2. The van der Waals surface area contributed by atoms with E-state index in [0.717, 1.165) is 12.8 Å². The first-order valence-corrected chi connectivity index (χ1v) is 7.02. The summed E-state index contributed by atoms with van der Waals surface area (Å²) in [5, 5.41) is 9.33. The van der Waals surface area contributed by atoms with Crippen molar-refractivity contribution in [3.63, 3.8) is 0 Å². The molecule has 2 nitrogen and oxygen atoms in total. The van der Waals surface area contributed by atoms with Crippen LogP contribution >= 0.6 is 0 Å². The third-order valence-corrected chi connectivity index (χ3v) is 4.99. The molecule has 2 atom stereocenters. The van der Waals surface area contributed by atoms with Gasteiger partial charge in [-0.1, -0.05) is 37.1 Å². The molecule has 1 fully saturated rings. The van der Waals surface area contributed by atoms with Gasteiger partial charge < -0.3 is 5.11 Å². The Labute approximate surface area is 108 Å². The van der Waals surface area contributed by atoms with Crippen LogP contribution in [0.4, 0.5) is 0 Å².